The van der Waals surface area contributed by atoms with Gasteiger partial charge in [-0.1, -0.05) is 12.1 Å². The molecule has 5 nitrogen and oxygen atoms in total. The quantitative estimate of drug-likeness (QED) is 0.730. The molecule has 1 aromatic rings. The minimum Gasteiger partial charge on any atom is -0.481 e. The molecule has 0 unspecified atom stereocenters. The van der Waals surface area contributed by atoms with E-state index in [0.29, 0.717) is 12.1 Å². The Labute approximate surface area is 113 Å². The summed E-state index contributed by atoms with van der Waals surface area (Å²) in [5, 5.41) is 14.3. The third-order valence-electron chi connectivity index (χ3n) is 3.03. The van der Waals surface area contributed by atoms with Crippen molar-refractivity contribution in [2.24, 2.45) is 0 Å². The monoisotopic (exact) mass is 264 g/mol. The van der Waals surface area contributed by atoms with Crippen LogP contribution < -0.4 is 10.6 Å². The summed E-state index contributed by atoms with van der Waals surface area (Å²) in [6, 6.07) is 7.21. The highest BCUT2D eigenvalue weighted by Gasteiger charge is 2.24. The molecule has 0 heterocycles. The topological polar surface area (TPSA) is 78.4 Å². The van der Waals surface area contributed by atoms with Crippen molar-refractivity contribution in [3.8, 4) is 0 Å². The number of nitrogens with one attached hydrogen (secondary N) is 2. The lowest BCUT2D eigenvalue weighted by atomic mass is 10.0. The highest BCUT2D eigenvalue weighted by atomic mass is 16.4. The molecule has 1 rings (SSSR count). The second-order valence-electron chi connectivity index (χ2n) is 4.92. The molecule has 0 fully saturated rings. The zero-order valence-corrected chi connectivity index (χ0v) is 11.5. The van der Waals surface area contributed by atoms with Crippen LogP contribution in [0.5, 0.6) is 0 Å². The van der Waals surface area contributed by atoms with E-state index >= 15 is 0 Å². The predicted octanol–water partition coefficient (Wildman–Crippen LogP) is 1.64. The van der Waals surface area contributed by atoms with E-state index in [-0.39, 0.29) is 12.3 Å². The van der Waals surface area contributed by atoms with Crippen LogP contribution in [0.15, 0.2) is 24.3 Å². The Morgan fingerprint density at radius 3 is 2.26 bits per heavy atom. The maximum Gasteiger partial charge on any atom is 0.303 e. The molecule has 0 aliphatic heterocycles. The van der Waals surface area contributed by atoms with E-state index in [1.807, 2.05) is 12.1 Å². The first-order chi connectivity index (χ1) is 8.85. The molecule has 1 amide bonds. The second kappa shape index (κ2) is 6.33. The highest BCUT2D eigenvalue weighted by molar-refractivity contribution is 5.97. The molecule has 0 spiro atoms. The number of anilines is 1. The number of rotatable bonds is 6. The summed E-state index contributed by atoms with van der Waals surface area (Å²) in [5.41, 5.74) is 1.00. The summed E-state index contributed by atoms with van der Waals surface area (Å²) in [4.78, 5) is 22.4. The zero-order valence-electron chi connectivity index (χ0n) is 11.5. The van der Waals surface area contributed by atoms with Gasteiger partial charge in [-0.05, 0) is 45.0 Å². The predicted molar refractivity (Wildman–Crippen MR) is 74.2 cm³/mol. The van der Waals surface area contributed by atoms with E-state index in [0.717, 1.165) is 5.56 Å². The Bertz CT molecular complexity index is 452. The van der Waals surface area contributed by atoms with E-state index in [9.17, 15) is 9.59 Å². The van der Waals surface area contributed by atoms with Gasteiger partial charge >= 0.3 is 5.97 Å². The fourth-order valence-electron chi connectivity index (χ4n) is 1.41. The van der Waals surface area contributed by atoms with Crippen LogP contribution in [-0.4, -0.2) is 29.6 Å². The Hall–Kier alpha value is -1.88. The van der Waals surface area contributed by atoms with E-state index in [1.165, 1.54) is 0 Å². The van der Waals surface area contributed by atoms with Gasteiger partial charge in [0.05, 0.1) is 5.54 Å². The molecule has 0 saturated heterocycles. The standard InChI is InChI=1S/C14H20N2O3/c1-14(2,15-3)13(19)16-11-7-4-10(5-8-11)6-9-12(17)18/h4-5,7-8,15H,6,9H2,1-3H3,(H,16,19)(H,17,18). The Kier molecular flexibility index (Phi) is 5.06. The van der Waals surface area contributed by atoms with Crippen molar-refractivity contribution in [3.63, 3.8) is 0 Å². The highest BCUT2D eigenvalue weighted by Crippen LogP contribution is 2.13. The van der Waals surface area contributed by atoms with E-state index < -0.39 is 11.5 Å². The summed E-state index contributed by atoms with van der Waals surface area (Å²) < 4.78 is 0. The molecule has 0 aromatic heterocycles. The van der Waals surface area contributed by atoms with Crippen LogP contribution in [0.25, 0.3) is 0 Å². The molecular weight excluding hydrogens is 244 g/mol. The fraction of sp³-hybridized carbons (Fsp3) is 0.429. The van der Waals surface area contributed by atoms with Gasteiger partial charge in [-0.15, -0.1) is 0 Å². The van der Waals surface area contributed by atoms with Crippen molar-refractivity contribution in [1.29, 1.82) is 0 Å². The van der Waals surface area contributed by atoms with Gasteiger partial charge in [0.2, 0.25) is 5.91 Å². The summed E-state index contributed by atoms with van der Waals surface area (Å²) in [6.45, 7) is 3.59. The minimum absolute atomic E-state index is 0.110. The summed E-state index contributed by atoms with van der Waals surface area (Å²) >= 11 is 0. The smallest absolute Gasteiger partial charge is 0.303 e. The van der Waals surface area contributed by atoms with Gasteiger partial charge in [-0.25, -0.2) is 0 Å². The first-order valence-corrected chi connectivity index (χ1v) is 6.16. The van der Waals surface area contributed by atoms with Crippen LogP contribution >= 0.6 is 0 Å². The number of hydrogen-bond donors (Lipinski definition) is 3. The molecule has 104 valence electrons. The number of amides is 1. The lowest BCUT2D eigenvalue weighted by Gasteiger charge is -2.22. The Morgan fingerprint density at radius 1 is 1.21 bits per heavy atom. The van der Waals surface area contributed by atoms with Gasteiger partial charge in [0.1, 0.15) is 0 Å². The Balaban J connectivity index is 2.62. The van der Waals surface area contributed by atoms with Crippen molar-refractivity contribution in [2.75, 3.05) is 12.4 Å². The molecule has 3 N–H and O–H groups in total. The van der Waals surface area contributed by atoms with Crippen LogP contribution in [-0.2, 0) is 16.0 Å². The molecule has 1 aromatic carbocycles. The molecule has 0 bridgehead atoms. The zero-order chi connectivity index (χ0) is 14.5. The van der Waals surface area contributed by atoms with Crippen LogP contribution in [0.3, 0.4) is 0 Å². The van der Waals surface area contributed by atoms with Crippen molar-refractivity contribution >= 4 is 17.6 Å². The van der Waals surface area contributed by atoms with Crippen LogP contribution in [0.4, 0.5) is 5.69 Å². The first-order valence-electron chi connectivity index (χ1n) is 6.16. The number of carbonyl (C=O) groups excluding carboxylic acids is 1. The number of aryl methyl sites for hydroxylation is 1. The molecule has 5 heteroatoms. The number of carboxylic acids is 1. The molecule has 0 saturated carbocycles. The number of likely N-dealkylation sites (N-methyl/N-ethyl adjacent to an activating group) is 1. The fourth-order valence-corrected chi connectivity index (χ4v) is 1.41. The van der Waals surface area contributed by atoms with E-state index in [1.54, 1.807) is 33.0 Å². The largest absolute Gasteiger partial charge is 0.481 e. The maximum atomic E-state index is 11.9. The van der Waals surface area contributed by atoms with Gasteiger partial charge in [0.15, 0.2) is 0 Å². The van der Waals surface area contributed by atoms with E-state index in [4.69, 9.17) is 5.11 Å². The lowest BCUT2D eigenvalue weighted by Crippen LogP contribution is -2.47. The van der Waals surface area contributed by atoms with Crippen LogP contribution in [0.2, 0.25) is 0 Å². The number of hydrogen-bond acceptors (Lipinski definition) is 3. The maximum absolute atomic E-state index is 11.9. The number of benzene rings is 1. The summed E-state index contributed by atoms with van der Waals surface area (Å²) in [7, 11) is 1.73. The van der Waals surface area contributed by atoms with Gasteiger partial charge in [0.25, 0.3) is 0 Å². The third kappa shape index (κ3) is 4.71. The SMILES string of the molecule is CNC(C)(C)C(=O)Nc1ccc(CCC(=O)O)cc1. The molecule has 19 heavy (non-hydrogen) atoms. The average molecular weight is 264 g/mol. The molecular formula is C14H20N2O3. The molecule has 0 aliphatic carbocycles. The minimum atomic E-state index is -0.812. The van der Waals surface area contributed by atoms with Crippen LogP contribution in [0.1, 0.15) is 25.8 Å². The summed E-state index contributed by atoms with van der Waals surface area (Å²) in [5.74, 6) is -0.929. The van der Waals surface area contributed by atoms with Crippen molar-refractivity contribution in [1.82, 2.24) is 5.32 Å². The van der Waals surface area contributed by atoms with Crippen molar-refractivity contribution in [3.05, 3.63) is 29.8 Å². The normalized spacial score (nSPS) is 11.1. The van der Waals surface area contributed by atoms with Crippen molar-refractivity contribution in [2.45, 2.75) is 32.2 Å². The van der Waals surface area contributed by atoms with E-state index in [2.05, 4.69) is 10.6 Å². The number of aliphatic carboxylic acids is 1. The molecule has 0 aliphatic rings. The molecule has 0 atom stereocenters. The lowest BCUT2D eigenvalue weighted by molar-refractivity contribution is -0.137. The number of carboxylic acid groups (broad SMARTS) is 1. The number of carbonyl (C=O) groups is 2. The third-order valence-corrected chi connectivity index (χ3v) is 3.03. The van der Waals surface area contributed by atoms with Gasteiger partial charge in [-0.2, -0.15) is 0 Å². The average Bonchev–Trinajstić information content (AvgIpc) is 2.37. The second-order valence-corrected chi connectivity index (χ2v) is 4.92. The van der Waals surface area contributed by atoms with Gasteiger partial charge in [0, 0.05) is 12.1 Å². The Morgan fingerprint density at radius 2 is 1.79 bits per heavy atom. The van der Waals surface area contributed by atoms with Crippen molar-refractivity contribution < 1.29 is 14.7 Å². The van der Waals surface area contributed by atoms with Gasteiger partial charge < -0.3 is 15.7 Å². The summed E-state index contributed by atoms with van der Waals surface area (Å²) in [6.07, 6.45) is 0.601. The van der Waals surface area contributed by atoms with Crippen LogP contribution in [0, 0.1) is 0 Å². The van der Waals surface area contributed by atoms with Gasteiger partial charge in [-0.3, -0.25) is 9.59 Å². The molecule has 0 radical (unpaired) electrons. The first kappa shape index (κ1) is 15.2.